The van der Waals surface area contributed by atoms with E-state index >= 15 is 0 Å². The molecule has 2 amide bonds. The molecule has 0 unspecified atom stereocenters. The number of rotatable bonds is 8. The molecule has 0 aromatic heterocycles. The molecule has 7 nitrogen and oxygen atoms in total. The van der Waals surface area contributed by atoms with Crippen molar-refractivity contribution in [3.8, 4) is 11.5 Å². The van der Waals surface area contributed by atoms with Gasteiger partial charge in [-0.2, -0.15) is 0 Å². The van der Waals surface area contributed by atoms with Gasteiger partial charge in [0.05, 0.1) is 24.0 Å². The minimum absolute atomic E-state index is 0.0832. The number of hydrogen-bond donors (Lipinski definition) is 0. The van der Waals surface area contributed by atoms with Crippen LogP contribution in [0.5, 0.6) is 11.5 Å². The molecule has 4 aromatic rings. The largest absolute Gasteiger partial charge is 0.490 e. The Hall–Kier alpha value is -4.69. The summed E-state index contributed by atoms with van der Waals surface area (Å²) in [7, 11) is 0. The summed E-state index contributed by atoms with van der Waals surface area (Å²) in [6, 6.07) is 29.6. The maximum atomic E-state index is 14.7. The molecule has 0 saturated carbocycles. The van der Waals surface area contributed by atoms with Gasteiger partial charge in [-0.05, 0) is 54.4 Å². The number of fused-ring (bicyclic) bond motifs is 1. The van der Waals surface area contributed by atoms with Crippen molar-refractivity contribution in [2.24, 2.45) is 5.92 Å². The highest BCUT2D eigenvalue weighted by molar-refractivity contribution is 6.24. The maximum absolute atomic E-state index is 14.7. The molecule has 4 aromatic carbocycles. The van der Waals surface area contributed by atoms with E-state index in [0.29, 0.717) is 36.0 Å². The summed E-state index contributed by atoms with van der Waals surface area (Å²) in [6.45, 7) is 2.64. The number of nitrogens with zero attached hydrogens (tertiary/aromatic N) is 2. The summed E-state index contributed by atoms with van der Waals surface area (Å²) in [6.07, 6.45) is -1.11. The predicted molar refractivity (Wildman–Crippen MR) is 147 cm³/mol. The second-order valence-electron chi connectivity index (χ2n) is 9.53. The fraction of sp³-hybridized carbons (Fsp3) is 0.188. The number of carbonyl (C=O) groups is 2. The number of halogens is 1. The van der Waals surface area contributed by atoms with Crippen molar-refractivity contribution in [3.05, 3.63) is 120 Å². The van der Waals surface area contributed by atoms with Gasteiger partial charge in [0, 0.05) is 0 Å². The van der Waals surface area contributed by atoms with Crippen LogP contribution in [0.4, 0.5) is 15.8 Å². The minimum atomic E-state index is -1.11. The molecule has 0 aliphatic carbocycles. The van der Waals surface area contributed by atoms with Crippen LogP contribution in [0.3, 0.4) is 0 Å². The van der Waals surface area contributed by atoms with E-state index in [-0.39, 0.29) is 5.69 Å². The highest BCUT2D eigenvalue weighted by atomic mass is 19.1. The van der Waals surface area contributed by atoms with E-state index in [1.807, 2.05) is 79.7 Å². The molecule has 2 aliphatic heterocycles. The molecule has 2 aliphatic rings. The van der Waals surface area contributed by atoms with Gasteiger partial charge in [-0.25, -0.2) is 14.4 Å². The Labute approximate surface area is 231 Å². The fourth-order valence-corrected chi connectivity index (χ4v) is 5.25. The van der Waals surface area contributed by atoms with Gasteiger partial charge in [-0.1, -0.05) is 66.7 Å². The normalized spacial score (nSPS) is 20.1. The number of para-hydroxylation sites is 2. The van der Waals surface area contributed by atoms with Gasteiger partial charge in [-0.15, -0.1) is 0 Å². The monoisotopic (exact) mass is 538 g/mol. The molecule has 0 bridgehead atoms. The van der Waals surface area contributed by atoms with Crippen LogP contribution in [0, 0.1) is 11.7 Å². The molecule has 40 heavy (non-hydrogen) atoms. The number of hydroxylamine groups is 1. The number of amides is 2. The summed E-state index contributed by atoms with van der Waals surface area (Å²) in [5, 5.41) is 1.60. The summed E-state index contributed by atoms with van der Waals surface area (Å²) in [5.41, 5.74) is 2.31. The second kappa shape index (κ2) is 10.8. The lowest BCUT2D eigenvalue weighted by molar-refractivity contribution is -0.126. The van der Waals surface area contributed by atoms with Crippen molar-refractivity contribution in [1.29, 1.82) is 0 Å². The third-order valence-corrected chi connectivity index (χ3v) is 7.07. The first-order valence-corrected chi connectivity index (χ1v) is 13.1. The molecular formula is C32H27FN2O5. The molecular weight excluding hydrogens is 511 g/mol. The van der Waals surface area contributed by atoms with Crippen molar-refractivity contribution >= 4 is 23.2 Å². The van der Waals surface area contributed by atoms with Gasteiger partial charge >= 0.3 is 0 Å². The average molecular weight is 539 g/mol. The first-order valence-electron chi connectivity index (χ1n) is 13.1. The van der Waals surface area contributed by atoms with Crippen LogP contribution in [0.15, 0.2) is 103 Å². The Kier molecular flexibility index (Phi) is 6.92. The lowest BCUT2D eigenvalue weighted by Gasteiger charge is -2.29. The first kappa shape index (κ1) is 25.6. The van der Waals surface area contributed by atoms with Gasteiger partial charge in [0.25, 0.3) is 5.91 Å². The lowest BCUT2D eigenvalue weighted by Crippen LogP contribution is -2.37. The average Bonchev–Trinajstić information content (AvgIpc) is 3.49. The van der Waals surface area contributed by atoms with Crippen molar-refractivity contribution in [2.75, 3.05) is 16.6 Å². The Morgan fingerprint density at radius 1 is 0.800 bits per heavy atom. The third kappa shape index (κ3) is 4.56. The van der Waals surface area contributed by atoms with E-state index in [1.54, 1.807) is 17.2 Å². The summed E-state index contributed by atoms with van der Waals surface area (Å²) in [4.78, 5) is 34.4. The number of carbonyl (C=O) groups excluding carboxylic acids is 2. The maximum Gasteiger partial charge on any atom is 0.266 e. The van der Waals surface area contributed by atoms with E-state index in [0.717, 1.165) is 10.5 Å². The standard InChI is InChI=1S/C32H27FN2O5/c1-2-38-27-19-22(17-18-26(27)39-20-21-11-5-3-6-12-21)29-28-30(40-35(29)23-13-7-4-8-14-23)32(37)34(31(28)36)25-16-10-9-15-24(25)33/h3-19,28-30H,2,20H2,1H3/t28-,29+,30+/m1/s1. The molecule has 202 valence electrons. The van der Waals surface area contributed by atoms with Gasteiger partial charge in [0.1, 0.15) is 18.3 Å². The van der Waals surface area contributed by atoms with Crippen molar-refractivity contribution in [2.45, 2.75) is 25.7 Å². The number of ether oxygens (including phenoxy) is 2. The van der Waals surface area contributed by atoms with Crippen molar-refractivity contribution < 1.29 is 28.3 Å². The number of imide groups is 1. The van der Waals surface area contributed by atoms with Crippen LogP contribution in [-0.2, 0) is 21.0 Å². The topological polar surface area (TPSA) is 68.3 Å². The van der Waals surface area contributed by atoms with Gasteiger partial charge in [0.15, 0.2) is 17.6 Å². The number of hydrogen-bond acceptors (Lipinski definition) is 6. The van der Waals surface area contributed by atoms with E-state index in [9.17, 15) is 14.0 Å². The van der Waals surface area contributed by atoms with Crippen LogP contribution < -0.4 is 19.4 Å². The van der Waals surface area contributed by atoms with E-state index < -0.39 is 35.7 Å². The molecule has 2 fully saturated rings. The van der Waals surface area contributed by atoms with E-state index in [4.69, 9.17) is 14.3 Å². The van der Waals surface area contributed by atoms with Crippen LogP contribution in [0.1, 0.15) is 24.1 Å². The zero-order valence-corrected chi connectivity index (χ0v) is 21.8. The molecule has 0 radical (unpaired) electrons. The predicted octanol–water partition coefficient (Wildman–Crippen LogP) is 5.85. The summed E-state index contributed by atoms with van der Waals surface area (Å²) in [5.74, 6) is -1.62. The minimum Gasteiger partial charge on any atom is -0.490 e. The Morgan fingerprint density at radius 3 is 2.23 bits per heavy atom. The Bertz CT molecular complexity index is 1530. The zero-order valence-electron chi connectivity index (χ0n) is 21.8. The van der Waals surface area contributed by atoms with Gasteiger partial charge in [0.2, 0.25) is 5.91 Å². The summed E-state index contributed by atoms with van der Waals surface area (Å²) < 4.78 is 26.7. The van der Waals surface area contributed by atoms with E-state index in [2.05, 4.69) is 0 Å². The number of anilines is 2. The highest BCUT2D eigenvalue weighted by Crippen LogP contribution is 2.49. The van der Waals surface area contributed by atoms with Gasteiger partial charge in [-0.3, -0.25) is 14.4 Å². The van der Waals surface area contributed by atoms with Gasteiger partial charge < -0.3 is 9.47 Å². The second-order valence-corrected chi connectivity index (χ2v) is 9.53. The Balaban J connectivity index is 1.38. The Morgan fingerprint density at radius 2 is 1.50 bits per heavy atom. The molecule has 3 atom stereocenters. The van der Waals surface area contributed by atoms with Crippen LogP contribution in [0.25, 0.3) is 0 Å². The van der Waals surface area contributed by atoms with Crippen molar-refractivity contribution in [1.82, 2.24) is 0 Å². The van der Waals surface area contributed by atoms with E-state index in [1.165, 1.54) is 18.2 Å². The van der Waals surface area contributed by atoms with Crippen LogP contribution in [-0.4, -0.2) is 24.5 Å². The summed E-state index contributed by atoms with van der Waals surface area (Å²) >= 11 is 0. The van der Waals surface area contributed by atoms with Crippen LogP contribution >= 0.6 is 0 Å². The zero-order chi connectivity index (χ0) is 27.6. The molecule has 2 heterocycles. The quantitative estimate of drug-likeness (QED) is 0.262. The number of benzene rings is 4. The first-order chi connectivity index (χ1) is 19.6. The molecule has 2 saturated heterocycles. The van der Waals surface area contributed by atoms with Crippen LogP contribution in [0.2, 0.25) is 0 Å². The SMILES string of the molecule is CCOc1cc([C@H]2[C@H]3C(=O)N(c4ccccc4F)C(=O)[C@H]3ON2c2ccccc2)ccc1OCc1ccccc1. The fourth-order valence-electron chi connectivity index (χ4n) is 5.25. The highest BCUT2D eigenvalue weighted by Gasteiger charge is 2.60. The molecule has 0 N–H and O–H groups in total. The smallest absolute Gasteiger partial charge is 0.266 e. The lowest BCUT2D eigenvalue weighted by atomic mass is 9.90. The van der Waals surface area contributed by atoms with Crippen molar-refractivity contribution in [3.63, 3.8) is 0 Å². The molecule has 6 rings (SSSR count). The molecule has 8 heteroatoms. The molecule has 0 spiro atoms. The third-order valence-electron chi connectivity index (χ3n) is 7.07.